The molecular weight excluding hydrogens is 369 g/mol. The molecule has 3 aliphatic rings. The van der Waals surface area contributed by atoms with E-state index in [9.17, 15) is 9.18 Å². The number of hydrogen-bond acceptors (Lipinski definition) is 4. The first kappa shape index (κ1) is 18.7. The van der Waals surface area contributed by atoms with Crippen LogP contribution >= 0.6 is 0 Å². The molecule has 2 aromatic rings. The quantitative estimate of drug-likeness (QED) is 0.799. The molecule has 154 valence electrons. The highest BCUT2D eigenvalue weighted by atomic mass is 19.1. The molecule has 3 heterocycles. The predicted octanol–water partition coefficient (Wildman–Crippen LogP) is 3.04. The van der Waals surface area contributed by atoms with Gasteiger partial charge in [0.2, 0.25) is 5.91 Å². The molecule has 7 heteroatoms. The van der Waals surface area contributed by atoms with Crippen LogP contribution in [0.5, 0.6) is 0 Å². The van der Waals surface area contributed by atoms with Crippen LogP contribution in [0.3, 0.4) is 0 Å². The monoisotopic (exact) mass is 397 g/mol. The molecule has 2 aliphatic heterocycles. The molecule has 1 saturated heterocycles. The molecule has 2 fully saturated rings. The highest BCUT2D eigenvalue weighted by Crippen LogP contribution is 2.45. The van der Waals surface area contributed by atoms with Gasteiger partial charge in [0, 0.05) is 19.6 Å². The second-order valence-corrected chi connectivity index (χ2v) is 8.82. The van der Waals surface area contributed by atoms with Crippen LogP contribution in [0.4, 0.5) is 4.39 Å². The molecule has 0 N–H and O–H groups in total. The number of benzene rings is 1. The fourth-order valence-electron chi connectivity index (χ4n) is 5.49. The zero-order valence-electron chi connectivity index (χ0n) is 17.0. The van der Waals surface area contributed by atoms with Crippen LogP contribution < -0.4 is 0 Å². The Morgan fingerprint density at radius 1 is 1.14 bits per heavy atom. The van der Waals surface area contributed by atoms with Crippen molar-refractivity contribution in [2.24, 2.45) is 0 Å². The summed E-state index contributed by atoms with van der Waals surface area (Å²) in [5, 5.41) is 8.93. The normalized spacial score (nSPS) is 24.1. The fourth-order valence-corrected chi connectivity index (χ4v) is 5.49. The van der Waals surface area contributed by atoms with Gasteiger partial charge in [0.1, 0.15) is 11.6 Å². The highest BCUT2D eigenvalue weighted by molar-refractivity contribution is 5.89. The molecular formula is C22H28FN5O. The van der Waals surface area contributed by atoms with E-state index in [1.807, 2.05) is 11.0 Å². The van der Waals surface area contributed by atoms with Crippen LogP contribution in [0.2, 0.25) is 0 Å². The van der Waals surface area contributed by atoms with E-state index in [1.165, 1.54) is 6.07 Å². The van der Waals surface area contributed by atoms with E-state index in [0.717, 1.165) is 81.9 Å². The van der Waals surface area contributed by atoms with Crippen molar-refractivity contribution in [3.63, 3.8) is 0 Å². The Morgan fingerprint density at radius 2 is 1.97 bits per heavy atom. The molecule has 5 rings (SSSR count). The number of hydrogen-bond donors (Lipinski definition) is 0. The highest BCUT2D eigenvalue weighted by Gasteiger charge is 2.48. The number of carbonyl (C=O) groups is 1. The predicted molar refractivity (Wildman–Crippen MR) is 107 cm³/mol. The number of likely N-dealkylation sites (N-methyl/N-ethyl adjacent to an activating group) is 1. The summed E-state index contributed by atoms with van der Waals surface area (Å²) in [6.07, 6.45) is 5.49. The summed E-state index contributed by atoms with van der Waals surface area (Å²) in [6, 6.07) is 6.63. The third-order valence-corrected chi connectivity index (χ3v) is 7.03. The van der Waals surface area contributed by atoms with Crippen molar-refractivity contribution in [1.82, 2.24) is 24.6 Å². The van der Waals surface area contributed by atoms with E-state index in [0.29, 0.717) is 0 Å². The number of nitrogens with zero attached hydrogens (tertiary/aromatic N) is 5. The maximum absolute atomic E-state index is 14.0. The third kappa shape index (κ3) is 3.06. The SMILES string of the molecule is CN1CCn2c(nnc2[C@H]2CCCN2C(=O)C2(c3cccc(F)c3)CCCC2)C1. The minimum Gasteiger partial charge on any atom is -0.332 e. The molecule has 1 saturated carbocycles. The van der Waals surface area contributed by atoms with Crippen LogP contribution in [0.1, 0.15) is 61.8 Å². The summed E-state index contributed by atoms with van der Waals surface area (Å²) in [6.45, 7) is 3.36. The van der Waals surface area contributed by atoms with Crippen molar-refractivity contribution >= 4 is 5.91 Å². The second kappa shape index (κ2) is 7.20. The minimum absolute atomic E-state index is 0.0295. The van der Waals surface area contributed by atoms with Crippen LogP contribution in [0.15, 0.2) is 24.3 Å². The van der Waals surface area contributed by atoms with Gasteiger partial charge in [-0.25, -0.2) is 4.39 Å². The molecule has 0 radical (unpaired) electrons. The van der Waals surface area contributed by atoms with Gasteiger partial charge >= 0.3 is 0 Å². The first-order chi connectivity index (χ1) is 14.1. The van der Waals surface area contributed by atoms with E-state index in [1.54, 1.807) is 12.1 Å². The standard InChI is InChI=1S/C22H28FN5O/c1-26-12-13-28-19(15-26)24-25-20(28)18-8-5-11-27(18)21(29)22(9-2-3-10-22)16-6-4-7-17(23)14-16/h4,6-7,14,18H,2-3,5,8-13,15H2,1H3/t18-/m1/s1. The van der Waals surface area contributed by atoms with Crippen LogP contribution in [-0.2, 0) is 23.3 Å². The van der Waals surface area contributed by atoms with E-state index >= 15 is 0 Å². The summed E-state index contributed by atoms with van der Waals surface area (Å²) in [7, 11) is 2.09. The number of amides is 1. The van der Waals surface area contributed by atoms with Crippen molar-refractivity contribution in [3.8, 4) is 0 Å². The fraction of sp³-hybridized carbons (Fsp3) is 0.591. The van der Waals surface area contributed by atoms with Gasteiger partial charge in [-0.1, -0.05) is 25.0 Å². The van der Waals surface area contributed by atoms with Gasteiger partial charge in [0.05, 0.1) is 18.0 Å². The molecule has 1 aromatic carbocycles. The summed E-state index contributed by atoms with van der Waals surface area (Å²) in [5.74, 6) is 1.78. The van der Waals surface area contributed by atoms with Gasteiger partial charge < -0.3 is 9.47 Å². The summed E-state index contributed by atoms with van der Waals surface area (Å²) in [4.78, 5) is 18.2. The maximum Gasteiger partial charge on any atom is 0.233 e. The Morgan fingerprint density at radius 3 is 2.76 bits per heavy atom. The Kier molecular flexibility index (Phi) is 4.65. The van der Waals surface area contributed by atoms with Gasteiger partial charge in [-0.2, -0.15) is 0 Å². The smallest absolute Gasteiger partial charge is 0.233 e. The lowest BCUT2D eigenvalue weighted by atomic mass is 9.77. The Balaban J connectivity index is 1.49. The van der Waals surface area contributed by atoms with E-state index in [2.05, 4.69) is 26.7 Å². The van der Waals surface area contributed by atoms with Gasteiger partial charge in [-0.05, 0) is 50.4 Å². The van der Waals surface area contributed by atoms with Crippen LogP contribution in [0.25, 0.3) is 0 Å². The van der Waals surface area contributed by atoms with E-state index in [-0.39, 0.29) is 17.8 Å². The maximum atomic E-state index is 14.0. The van der Waals surface area contributed by atoms with Crippen molar-refractivity contribution < 1.29 is 9.18 Å². The van der Waals surface area contributed by atoms with Gasteiger partial charge in [0.25, 0.3) is 0 Å². The summed E-state index contributed by atoms with van der Waals surface area (Å²) >= 11 is 0. The molecule has 1 aromatic heterocycles. The minimum atomic E-state index is -0.602. The summed E-state index contributed by atoms with van der Waals surface area (Å²) < 4.78 is 16.2. The number of halogens is 1. The first-order valence-corrected chi connectivity index (χ1v) is 10.8. The number of likely N-dealkylation sites (tertiary alicyclic amines) is 1. The summed E-state index contributed by atoms with van der Waals surface area (Å²) in [5.41, 5.74) is 0.228. The van der Waals surface area contributed by atoms with E-state index < -0.39 is 5.41 Å². The molecule has 0 spiro atoms. The Bertz CT molecular complexity index is 920. The molecule has 0 bridgehead atoms. The van der Waals surface area contributed by atoms with Crippen molar-refractivity contribution in [3.05, 3.63) is 47.3 Å². The van der Waals surface area contributed by atoms with Gasteiger partial charge in [0.15, 0.2) is 5.82 Å². The number of rotatable bonds is 3. The van der Waals surface area contributed by atoms with Crippen LogP contribution in [0, 0.1) is 5.82 Å². The van der Waals surface area contributed by atoms with Crippen molar-refractivity contribution in [2.75, 3.05) is 20.1 Å². The first-order valence-electron chi connectivity index (χ1n) is 10.8. The second-order valence-electron chi connectivity index (χ2n) is 8.82. The number of carbonyl (C=O) groups excluding carboxylic acids is 1. The molecule has 1 atom stereocenters. The topological polar surface area (TPSA) is 54.3 Å². The number of aromatic nitrogens is 3. The molecule has 0 unspecified atom stereocenters. The van der Waals surface area contributed by atoms with Crippen molar-refractivity contribution in [1.29, 1.82) is 0 Å². The average Bonchev–Trinajstić information content (AvgIpc) is 3.46. The van der Waals surface area contributed by atoms with E-state index in [4.69, 9.17) is 0 Å². The van der Waals surface area contributed by atoms with Crippen molar-refractivity contribution in [2.45, 2.75) is 63.1 Å². The van der Waals surface area contributed by atoms with Crippen LogP contribution in [-0.4, -0.2) is 50.6 Å². The zero-order valence-corrected chi connectivity index (χ0v) is 17.0. The lowest BCUT2D eigenvalue weighted by Gasteiger charge is -2.36. The Labute approximate surface area is 170 Å². The third-order valence-electron chi connectivity index (χ3n) is 7.03. The largest absolute Gasteiger partial charge is 0.332 e. The molecule has 1 amide bonds. The average molecular weight is 397 g/mol. The lowest BCUT2D eigenvalue weighted by molar-refractivity contribution is -0.138. The zero-order chi connectivity index (χ0) is 20.0. The molecule has 29 heavy (non-hydrogen) atoms. The van der Waals surface area contributed by atoms with Gasteiger partial charge in [-0.3, -0.25) is 9.69 Å². The molecule has 6 nitrogen and oxygen atoms in total. The molecule has 1 aliphatic carbocycles. The lowest BCUT2D eigenvalue weighted by Crippen LogP contribution is -2.46. The van der Waals surface area contributed by atoms with Gasteiger partial charge in [-0.15, -0.1) is 10.2 Å². The number of fused-ring (bicyclic) bond motifs is 1. The Hall–Kier alpha value is -2.28.